The van der Waals surface area contributed by atoms with Gasteiger partial charge in [0, 0.05) is 37.1 Å². The van der Waals surface area contributed by atoms with Gasteiger partial charge in [0.1, 0.15) is 11.9 Å². The molecule has 2 fully saturated rings. The smallest absolute Gasteiger partial charge is 0.321 e. The highest BCUT2D eigenvalue weighted by Gasteiger charge is 2.48. The molecule has 0 aromatic heterocycles. The summed E-state index contributed by atoms with van der Waals surface area (Å²) in [5.41, 5.74) is 1.30. The van der Waals surface area contributed by atoms with Crippen LogP contribution in [0.3, 0.4) is 0 Å². The largest absolute Gasteiger partial charge is 0.342 e. The van der Waals surface area contributed by atoms with Crippen molar-refractivity contribution in [2.75, 3.05) is 20.1 Å². The van der Waals surface area contributed by atoms with Crippen molar-refractivity contribution in [3.05, 3.63) is 70.5 Å². The number of carbonyl (C=O) groups is 2. The molecule has 0 unspecified atom stereocenters. The highest BCUT2D eigenvalue weighted by molar-refractivity contribution is 6.31. The number of benzene rings is 2. The van der Waals surface area contributed by atoms with Crippen molar-refractivity contribution in [2.24, 2.45) is 0 Å². The minimum absolute atomic E-state index is 0.0702. The van der Waals surface area contributed by atoms with E-state index < -0.39 is 11.9 Å². The van der Waals surface area contributed by atoms with Gasteiger partial charge in [-0.25, -0.2) is 9.18 Å². The highest BCUT2D eigenvalue weighted by atomic mass is 35.5. The van der Waals surface area contributed by atoms with Gasteiger partial charge in [-0.2, -0.15) is 0 Å². The lowest BCUT2D eigenvalue weighted by Crippen LogP contribution is -2.60. The number of hydrogen-bond donors (Lipinski definition) is 0. The van der Waals surface area contributed by atoms with E-state index in [1.165, 1.54) is 6.07 Å². The molecule has 0 aliphatic carbocycles. The molecule has 2 aliphatic rings. The molecule has 0 bridgehead atoms. The van der Waals surface area contributed by atoms with Crippen molar-refractivity contribution in [2.45, 2.75) is 25.0 Å². The van der Waals surface area contributed by atoms with Crippen molar-refractivity contribution in [3.8, 4) is 0 Å². The Bertz CT molecular complexity index is 888. The molecule has 146 valence electrons. The Morgan fingerprint density at radius 3 is 2.54 bits per heavy atom. The van der Waals surface area contributed by atoms with E-state index in [1.807, 2.05) is 30.3 Å². The summed E-state index contributed by atoms with van der Waals surface area (Å²) < 4.78 is 14.2. The van der Waals surface area contributed by atoms with Gasteiger partial charge >= 0.3 is 6.03 Å². The summed E-state index contributed by atoms with van der Waals surface area (Å²) in [6.45, 7) is 0.997. The molecule has 0 spiro atoms. The fourth-order valence-electron chi connectivity index (χ4n) is 4.08. The summed E-state index contributed by atoms with van der Waals surface area (Å²) in [4.78, 5) is 30.9. The summed E-state index contributed by atoms with van der Waals surface area (Å²) in [6.07, 6.45) is 0.459. The van der Waals surface area contributed by atoms with Gasteiger partial charge in [-0.1, -0.05) is 48.0 Å². The maximum absolute atomic E-state index is 14.2. The van der Waals surface area contributed by atoms with E-state index in [-0.39, 0.29) is 24.5 Å². The lowest BCUT2D eigenvalue weighted by atomic mass is 9.99. The van der Waals surface area contributed by atoms with Crippen LogP contribution in [0.2, 0.25) is 5.02 Å². The number of halogens is 2. The molecule has 2 aromatic carbocycles. The molecule has 28 heavy (non-hydrogen) atoms. The molecule has 2 atom stereocenters. The van der Waals surface area contributed by atoms with Crippen LogP contribution < -0.4 is 0 Å². The number of rotatable bonds is 4. The molecule has 2 heterocycles. The average molecular weight is 402 g/mol. The first kappa shape index (κ1) is 18.7. The van der Waals surface area contributed by atoms with Gasteiger partial charge in [0.15, 0.2) is 0 Å². The number of urea groups is 1. The van der Waals surface area contributed by atoms with Gasteiger partial charge in [0.05, 0.1) is 12.6 Å². The zero-order valence-electron chi connectivity index (χ0n) is 15.5. The van der Waals surface area contributed by atoms with Crippen LogP contribution in [0.1, 0.15) is 11.1 Å². The number of piperazine rings is 1. The monoisotopic (exact) mass is 401 g/mol. The molecule has 2 aromatic rings. The highest BCUT2D eigenvalue weighted by Crippen LogP contribution is 2.30. The van der Waals surface area contributed by atoms with Crippen molar-refractivity contribution < 1.29 is 14.0 Å². The van der Waals surface area contributed by atoms with Crippen molar-refractivity contribution in [1.82, 2.24) is 14.7 Å². The van der Waals surface area contributed by atoms with Crippen LogP contribution >= 0.6 is 11.6 Å². The standard InChI is InChI=1S/C21H21ClFN3O2/c1-24-11-15-12-25(13-16-17(22)8-5-9-18(16)23)21(28)26(15)19(20(24)27)10-14-6-3-2-4-7-14/h2-9,15,19H,10-13H2,1H3/t15-,19-/m0/s1. The summed E-state index contributed by atoms with van der Waals surface area (Å²) in [6, 6.07) is 13.2. The Hall–Kier alpha value is -2.60. The summed E-state index contributed by atoms with van der Waals surface area (Å²) in [7, 11) is 1.76. The third-order valence-electron chi connectivity index (χ3n) is 5.48. The van der Waals surface area contributed by atoms with Crippen LogP contribution in [0.5, 0.6) is 0 Å². The van der Waals surface area contributed by atoms with E-state index in [2.05, 4.69) is 0 Å². The van der Waals surface area contributed by atoms with Gasteiger partial charge in [0.2, 0.25) is 5.91 Å². The molecule has 3 amide bonds. The molecular weight excluding hydrogens is 381 g/mol. The lowest BCUT2D eigenvalue weighted by Gasteiger charge is -2.40. The van der Waals surface area contributed by atoms with Crippen LogP contribution in [-0.2, 0) is 17.8 Å². The van der Waals surface area contributed by atoms with Crippen LogP contribution in [-0.4, -0.2) is 58.9 Å². The van der Waals surface area contributed by atoms with Crippen LogP contribution in [0.15, 0.2) is 48.5 Å². The Morgan fingerprint density at radius 1 is 1.07 bits per heavy atom. The Kier molecular flexibility index (Phi) is 4.98. The van der Waals surface area contributed by atoms with E-state index in [9.17, 15) is 14.0 Å². The third-order valence-corrected chi connectivity index (χ3v) is 5.83. The first-order valence-corrected chi connectivity index (χ1v) is 9.62. The van der Waals surface area contributed by atoms with Crippen molar-refractivity contribution in [3.63, 3.8) is 0 Å². The molecule has 0 N–H and O–H groups in total. The Morgan fingerprint density at radius 2 is 1.82 bits per heavy atom. The van der Waals surface area contributed by atoms with E-state index in [0.717, 1.165) is 5.56 Å². The number of fused-ring (bicyclic) bond motifs is 1. The second kappa shape index (κ2) is 7.43. The number of likely N-dealkylation sites (N-methyl/N-ethyl adjacent to an activating group) is 1. The second-order valence-corrected chi connectivity index (χ2v) is 7.76. The summed E-state index contributed by atoms with van der Waals surface area (Å²) in [5.74, 6) is -0.501. The molecule has 0 radical (unpaired) electrons. The maximum Gasteiger partial charge on any atom is 0.321 e. The SMILES string of the molecule is CN1C[C@H]2CN(Cc3c(F)cccc3Cl)C(=O)N2[C@@H](Cc2ccccc2)C1=O. The molecule has 5 nitrogen and oxygen atoms in total. The first-order valence-electron chi connectivity index (χ1n) is 9.24. The summed E-state index contributed by atoms with van der Waals surface area (Å²) >= 11 is 6.14. The molecule has 2 aliphatic heterocycles. The lowest BCUT2D eigenvalue weighted by molar-refractivity contribution is -0.139. The van der Waals surface area contributed by atoms with Crippen LogP contribution in [0, 0.1) is 5.82 Å². The topological polar surface area (TPSA) is 43.9 Å². The Labute approximate surface area is 168 Å². The molecule has 0 saturated carbocycles. The van der Waals surface area contributed by atoms with E-state index in [1.54, 1.807) is 33.9 Å². The van der Waals surface area contributed by atoms with Gasteiger partial charge in [-0.3, -0.25) is 4.79 Å². The first-order chi connectivity index (χ1) is 13.5. The summed E-state index contributed by atoms with van der Waals surface area (Å²) in [5, 5.41) is 0.298. The van der Waals surface area contributed by atoms with Gasteiger partial charge in [0.25, 0.3) is 0 Å². The minimum atomic E-state index is -0.556. The zero-order chi connectivity index (χ0) is 19.8. The van der Waals surface area contributed by atoms with Gasteiger partial charge in [-0.05, 0) is 17.7 Å². The second-order valence-electron chi connectivity index (χ2n) is 7.35. The zero-order valence-corrected chi connectivity index (χ0v) is 16.3. The quantitative estimate of drug-likeness (QED) is 0.789. The minimum Gasteiger partial charge on any atom is -0.342 e. The molecular formula is C21H21ClFN3O2. The van der Waals surface area contributed by atoms with Gasteiger partial charge in [-0.15, -0.1) is 0 Å². The van der Waals surface area contributed by atoms with Crippen molar-refractivity contribution in [1.29, 1.82) is 0 Å². The number of nitrogens with zero attached hydrogens (tertiary/aromatic N) is 3. The molecule has 2 saturated heterocycles. The third kappa shape index (κ3) is 3.33. The molecule has 4 rings (SSSR count). The number of hydrogen-bond acceptors (Lipinski definition) is 2. The number of carbonyl (C=O) groups excluding carboxylic acids is 2. The maximum atomic E-state index is 14.2. The fourth-order valence-corrected chi connectivity index (χ4v) is 4.31. The van der Waals surface area contributed by atoms with E-state index >= 15 is 0 Å². The van der Waals surface area contributed by atoms with Crippen LogP contribution in [0.4, 0.5) is 9.18 Å². The normalized spacial score (nSPS) is 22.0. The Balaban J connectivity index is 1.60. The van der Waals surface area contributed by atoms with E-state index in [0.29, 0.717) is 30.1 Å². The fraction of sp³-hybridized carbons (Fsp3) is 0.333. The van der Waals surface area contributed by atoms with Crippen molar-refractivity contribution >= 4 is 23.5 Å². The van der Waals surface area contributed by atoms with Gasteiger partial charge < -0.3 is 14.7 Å². The number of amides is 3. The predicted octanol–water partition coefficient (Wildman–Crippen LogP) is 3.17. The van der Waals surface area contributed by atoms with E-state index in [4.69, 9.17) is 11.6 Å². The predicted molar refractivity (Wildman–Crippen MR) is 104 cm³/mol. The average Bonchev–Trinajstić information content (AvgIpc) is 2.98. The molecule has 7 heteroatoms. The van der Waals surface area contributed by atoms with Crippen LogP contribution in [0.25, 0.3) is 0 Å².